The number of anilines is 1. The molecule has 0 fully saturated rings. The minimum absolute atomic E-state index is 0.138. The van der Waals surface area contributed by atoms with Crippen LogP contribution in [0.25, 0.3) is 0 Å². The molecule has 1 aromatic heterocycles. The quantitative estimate of drug-likeness (QED) is 0.813. The van der Waals surface area contributed by atoms with Crippen molar-refractivity contribution in [3.8, 4) is 0 Å². The van der Waals surface area contributed by atoms with Gasteiger partial charge in [-0.3, -0.25) is 4.79 Å². The van der Waals surface area contributed by atoms with Crippen molar-refractivity contribution in [1.29, 1.82) is 0 Å². The number of nitrogens with zero attached hydrogens (tertiary/aromatic N) is 2. The lowest BCUT2D eigenvalue weighted by Crippen LogP contribution is -2.23. The number of hydrogen-bond acceptors (Lipinski definition) is 4. The average molecular weight is 246 g/mol. The second-order valence-electron chi connectivity index (χ2n) is 3.71. The fraction of sp³-hybridized carbons (Fsp3) is 0.600. The van der Waals surface area contributed by atoms with E-state index in [0.29, 0.717) is 12.1 Å². The molecule has 0 spiro atoms. The van der Waals surface area contributed by atoms with Gasteiger partial charge in [0.05, 0.1) is 11.9 Å². The van der Waals surface area contributed by atoms with E-state index in [1.165, 1.54) is 10.9 Å². The molecule has 0 saturated carbocycles. The van der Waals surface area contributed by atoms with Gasteiger partial charge in [0.15, 0.2) is 0 Å². The molecule has 1 heterocycles. The van der Waals surface area contributed by atoms with Gasteiger partial charge >= 0.3 is 0 Å². The van der Waals surface area contributed by atoms with Gasteiger partial charge in [-0.1, -0.05) is 11.6 Å². The Hall–Kier alpha value is -1.07. The SMILES string of the molecule is CC(CCCO)Nc1cnn(C)c(=O)c1Cl. The van der Waals surface area contributed by atoms with Crippen molar-refractivity contribution in [3.63, 3.8) is 0 Å². The highest BCUT2D eigenvalue weighted by atomic mass is 35.5. The molecule has 0 saturated heterocycles. The number of aromatic nitrogens is 2. The zero-order valence-corrected chi connectivity index (χ0v) is 10.2. The summed E-state index contributed by atoms with van der Waals surface area (Å²) in [6.07, 6.45) is 3.05. The Bertz CT molecular complexity index is 406. The van der Waals surface area contributed by atoms with Gasteiger partial charge in [0.1, 0.15) is 5.02 Å². The Morgan fingerprint density at radius 3 is 3.00 bits per heavy atom. The minimum atomic E-state index is -0.318. The highest BCUT2D eigenvalue weighted by Crippen LogP contribution is 2.17. The Balaban J connectivity index is 2.74. The lowest BCUT2D eigenvalue weighted by Gasteiger charge is -2.15. The van der Waals surface area contributed by atoms with Crippen molar-refractivity contribution >= 4 is 17.3 Å². The van der Waals surface area contributed by atoms with Crippen LogP contribution in [0.15, 0.2) is 11.0 Å². The van der Waals surface area contributed by atoms with E-state index in [1.54, 1.807) is 7.05 Å². The summed E-state index contributed by atoms with van der Waals surface area (Å²) in [6.45, 7) is 2.12. The fourth-order valence-electron chi connectivity index (χ4n) is 1.35. The molecule has 1 unspecified atom stereocenters. The van der Waals surface area contributed by atoms with Crippen molar-refractivity contribution < 1.29 is 5.11 Å². The first-order valence-corrected chi connectivity index (χ1v) is 5.53. The van der Waals surface area contributed by atoms with Gasteiger partial charge < -0.3 is 10.4 Å². The molecule has 5 nitrogen and oxygen atoms in total. The van der Waals surface area contributed by atoms with Crippen molar-refractivity contribution in [2.75, 3.05) is 11.9 Å². The summed E-state index contributed by atoms with van der Waals surface area (Å²) >= 11 is 5.89. The van der Waals surface area contributed by atoms with E-state index < -0.39 is 0 Å². The van der Waals surface area contributed by atoms with Crippen LogP contribution >= 0.6 is 11.6 Å². The number of nitrogens with one attached hydrogen (secondary N) is 1. The smallest absolute Gasteiger partial charge is 0.287 e. The molecular formula is C10H16ClN3O2. The topological polar surface area (TPSA) is 67.2 Å². The molecule has 0 aliphatic heterocycles. The molecule has 1 rings (SSSR count). The first-order chi connectivity index (χ1) is 7.56. The highest BCUT2D eigenvalue weighted by Gasteiger charge is 2.09. The van der Waals surface area contributed by atoms with Gasteiger partial charge in [-0.25, -0.2) is 4.68 Å². The van der Waals surface area contributed by atoms with E-state index in [4.69, 9.17) is 16.7 Å². The van der Waals surface area contributed by atoms with Crippen LogP contribution in [0.4, 0.5) is 5.69 Å². The third-order valence-electron chi connectivity index (χ3n) is 2.28. The van der Waals surface area contributed by atoms with Crippen LogP contribution in [0.3, 0.4) is 0 Å². The summed E-state index contributed by atoms with van der Waals surface area (Å²) in [6, 6.07) is 0.138. The maximum Gasteiger partial charge on any atom is 0.287 e. The number of aliphatic hydroxyl groups excluding tert-OH is 1. The van der Waals surface area contributed by atoms with Crippen LogP contribution in [0.5, 0.6) is 0 Å². The lowest BCUT2D eigenvalue weighted by molar-refractivity contribution is 0.282. The average Bonchev–Trinajstić information content (AvgIpc) is 2.27. The molecule has 90 valence electrons. The van der Waals surface area contributed by atoms with Gasteiger partial charge in [0.25, 0.3) is 5.56 Å². The lowest BCUT2D eigenvalue weighted by atomic mass is 10.2. The summed E-state index contributed by atoms with van der Waals surface area (Å²) < 4.78 is 1.19. The van der Waals surface area contributed by atoms with Crippen LogP contribution < -0.4 is 10.9 Å². The summed E-state index contributed by atoms with van der Waals surface area (Å²) in [5.41, 5.74) is 0.219. The van der Waals surface area contributed by atoms with E-state index in [2.05, 4.69) is 10.4 Å². The second-order valence-corrected chi connectivity index (χ2v) is 4.09. The molecule has 6 heteroatoms. The number of aryl methyl sites for hydroxylation is 1. The van der Waals surface area contributed by atoms with E-state index in [9.17, 15) is 4.79 Å². The van der Waals surface area contributed by atoms with Crippen molar-refractivity contribution in [1.82, 2.24) is 9.78 Å². The molecule has 16 heavy (non-hydrogen) atoms. The standard InChI is InChI=1S/C10H16ClN3O2/c1-7(4-3-5-15)13-8-6-12-14(2)10(16)9(8)11/h6-7,13,15H,3-5H2,1-2H3. The summed E-state index contributed by atoms with van der Waals surface area (Å²) in [5, 5.41) is 15.8. The molecule has 0 aliphatic rings. The van der Waals surface area contributed by atoms with Crippen LogP contribution in [0.1, 0.15) is 19.8 Å². The number of rotatable bonds is 5. The number of aliphatic hydroxyl groups is 1. The monoisotopic (exact) mass is 245 g/mol. The normalized spacial score (nSPS) is 12.5. The Labute approximate surface area is 99.0 Å². The molecule has 0 aliphatic carbocycles. The van der Waals surface area contributed by atoms with Crippen LogP contribution in [-0.2, 0) is 7.05 Å². The minimum Gasteiger partial charge on any atom is -0.396 e. The maximum absolute atomic E-state index is 11.5. The van der Waals surface area contributed by atoms with Crippen LogP contribution in [0.2, 0.25) is 5.02 Å². The van der Waals surface area contributed by atoms with Gasteiger partial charge in [-0.05, 0) is 19.8 Å². The zero-order valence-electron chi connectivity index (χ0n) is 9.40. The van der Waals surface area contributed by atoms with Crippen molar-refractivity contribution in [2.24, 2.45) is 7.05 Å². The van der Waals surface area contributed by atoms with Gasteiger partial charge in [0.2, 0.25) is 0 Å². The van der Waals surface area contributed by atoms with E-state index in [-0.39, 0.29) is 23.2 Å². The Kier molecular flexibility index (Phi) is 4.76. The first kappa shape index (κ1) is 13.0. The van der Waals surface area contributed by atoms with Gasteiger partial charge in [-0.2, -0.15) is 5.10 Å². The Morgan fingerprint density at radius 1 is 1.69 bits per heavy atom. The van der Waals surface area contributed by atoms with Gasteiger partial charge in [-0.15, -0.1) is 0 Å². The predicted octanol–water partition coefficient (Wildman–Crippen LogP) is 1.01. The second kappa shape index (κ2) is 5.86. The van der Waals surface area contributed by atoms with E-state index in [0.717, 1.165) is 6.42 Å². The molecular weight excluding hydrogens is 230 g/mol. The highest BCUT2D eigenvalue weighted by molar-refractivity contribution is 6.32. The van der Waals surface area contributed by atoms with Crippen LogP contribution in [0, 0.1) is 0 Å². The fourth-order valence-corrected chi connectivity index (χ4v) is 1.57. The van der Waals surface area contributed by atoms with E-state index in [1.807, 2.05) is 6.92 Å². The molecule has 0 bridgehead atoms. The number of halogens is 1. The zero-order chi connectivity index (χ0) is 12.1. The molecule has 0 aromatic carbocycles. The summed E-state index contributed by atoms with van der Waals surface area (Å²) in [5.74, 6) is 0. The first-order valence-electron chi connectivity index (χ1n) is 5.15. The summed E-state index contributed by atoms with van der Waals surface area (Å²) in [7, 11) is 1.55. The largest absolute Gasteiger partial charge is 0.396 e. The van der Waals surface area contributed by atoms with Crippen LogP contribution in [-0.4, -0.2) is 27.5 Å². The molecule has 1 aromatic rings. The van der Waals surface area contributed by atoms with Gasteiger partial charge in [0, 0.05) is 19.7 Å². The Morgan fingerprint density at radius 2 is 2.38 bits per heavy atom. The molecule has 2 N–H and O–H groups in total. The predicted molar refractivity (Wildman–Crippen MR) is 63.9 cm³/mol. The van der Waals surface area contributed by atoms with Crippen molar-refractivity contribution in [3.05, 3.63) is 21.6 Å². The maximum atomic E-state index is 11.5. The summed E-state index contributed by atoms with van der Waals surface area (Å²) in [4.78, 5) is 11.5. The molecule has 1 atom stereocenters. The third-order valence-corrected chi connectivity index (χ3v) is 2.64. The molecule has 0 amide bonds. The molecule has 0 radical (unpaired) electrons. The van der Waals surface area contributed by atoms with E-state index >= 15 is 0 Å². The third kappa shape index (κ3) is 3.21. The van der Waals surface area contributed by atoms with Crippen molar-refractivity contribution in [2.45, 2.75) is 25.8 Å². The number of hydrogen-bond donors (Lipinski definition) is 2.